The number of ether oxygens (including phenoxy) is 3. The van der Waals surface area contributed by atoms with Gasteiger partial charge >= 0.3 is 0 Å². The van der Waals surface area contributed by atoms with E-state index in [1.54, 1.807) is 36.4 Å². The molecule has 11 heteroatoms. The number of fused-ring (bicyclic) bond motifs is 1. The summed E-state index contributed by atoms with van der Waals surface area (Å²) in [7, 11) is 3.00. The molecule has 10 nitrogen and oxygen atoms in total. The van der Waals surface area contributed by atoms with Crippen LogP contribution in [0.4, 0.5) is 5.69 Å². The number of halogens is 1. The molecular formula is C26H23BrN4O6. The standard InChI is InChI=1S/C26H23BrN4O6/c1-4-24-29-21-10-7-18(27)13-20(21)26(32)30(24)28-14-17-11-22(35-2)25(23(12-17)36-3)37-15-16-5-8-19(9-6-16)31(33)34/h5-14H,4,15H2,1-3H3. The summed E-state index contributed by atoms with van der Waals surface area (Å²) in [5.74, 6) is 1.68. The van der Waals surface area contributed by atoms with Gasteiger partial charge in [0.25, 0.3) is 11.2 Å². The Labute approximate surface area is 220 Å². The summed E-state index contributed by atoms with van der Waals surface area (Å²) in [6.07, 6.45) is 2.04. The third-order valence-electron chi connectivity index (χ3n) is 5.53. The first-order valence-corrected chi connectivity index (χ1v) is 12.0. The molecule has 0 amide bonds. The first-order chi connectivity index (χ1) is 17.8. The number of aromatic nitrogens is 2. The van der Waals surface area contributed by atoms with Crippen molar-refractivity contribution in [2.45, 2.75) is 20.0 Å². The fourth-order valence-corrected chi connectivity index (χ4v) is 4.01. The van der Waals surface area contributed by atoms with E-state index in [-0.39, 0.29) is 17.9 Å². The van der Waals surface area contributed by atoms with E-state index in [4.69, 9.17) is 14.2 Å². The number of nitrogens with zero attached hydrogens (tertiary/aromatic N) is 4. The van der Waals surface area contributed by atoms with Gasteiger partial charge in [0.1, 0.15) is 12.4 Å². The summed E-state index contributed by atoms with van der Waals surface area (Å²) in [4.78, 5) is 28.1. The van der Waals surface area contributed by atoms with Crippen molar-refractivity contribution in [1.29, 1.82) is 0 Å². The summed E-state index contributed by atoms with van der Waals surface area (Å²) < 4.78 is 19.0. The Hall–Kier alpha value is -4.25. The van der Waals surface area contributed by atoms with Crippen LogP contribution < -0.4 is 19.8 Å². The molecule has 4 rings (SSSR count). The molecule has 1 heterocycles. The fraction of sp³-hybridized carbons (Fsp3) is 0.192. The Morgan fingerprint density at radius 1 is 1.08 bits per heavy atom. The molecule has 0 saturated heterocycles. The smallest absolute Gasteiger partial charge is 0.282 e. The summed E-state index contributed by atoms with van der Waals surface area (Å²) in [5, 5.41) is 15.7. The highest BCUT2D eigenvalue weighted by Crippen LogP contribution is 2.38. The predicted octanol–water partition coefficient (Wildman–Crippen LogP) is 5.11. The molecule has 0 N–H and O–H groups in total. The van der Waals surface area contributed by atoms with Crippen LogP contribution >= 0.6 is 15.9 Å². The average molecular weight is 567 g/mol. The van der Waals surface area contributed by atoms with E-state index in [9.17, 15) is 14.9 Å². The molecule has 0 radical (unpaired) electrons. The second-order valence-electron chi connectivity index (χ2n) is 7.87. The van der Waals surface area contributed by atoms with Crippen molar-refractivity contribution in [3.63, 3.8) is 0 Å². The first kappa shape index (κ1) is 25.8. The minimum atomic E-state index is -0.457. The van der Waals surface area contributed by atoms with Gasteiger partial charge in [-0.1, -0.05) is 22.9 Å². The minimum absolute atomic E-state index is 0.00198. The summed E-state index contributed by atoms with van der Waals surface area (Å²) in [5.41, 5.74) is 1.68. The molecule has 190 valence electrons. The molecular weight excluding hydrogens is 544 g/mol. The Morgan fingerprint density at radius 3 is 2.35 bits per heavy atom. The highest BCUT2D eigenvalue weighted by atomic mass is 79.9. The lowest BCUT2D eigenvalue weighted by Gasteiger charge is -2.15. The zero-order valence-corrected chi connectivity index (χ0v) is 21.9. The van der Waals surface area contributed by atoms with Crippen LogP contribution in [0.15, 0.2) is 69.0 Å². The van der Waals surface area contributed by atoms with Crippen molar-refractivity contribution in [3.05, 3.63) is 96.5 Å². The van der Waals surface area contributed by atoms with Gasteiger partial charge in [0.05, 0.1) is 36.3 Å². The van der Waals surface area contributed by atoms with Crippen molar-refractivity contribution in [1.82, 2.24) is 9.66 Å². The Kier molecular flexibility index (Phi) is 7.83. The minimum Gasteiger partial charge on any atom is -0.493 e. The third kappa shape index (κ3) is 5.61. The lowest BCUT2D eigenvalue weighted by Crippen LogP contribution is -2.22. The van der Waals surface area contributed by atoms with Gasteiger partial charge in [-0.3, -0.25) is 14.9 Å². The van der Waals surface area contributed by atoms with Gasteiger partial charge in [-0.05, 0) is 48.0 Å². The zero-order chi connectivity index (χ0) is 26.5. The topological polar surface area (TPSA) is 118 Å². The van der Waals surface area contributed by atoms with E-state index >= 15 is 0 Å². The Morgan fingerprint density at radius 2 is 1.76 bits per heavy atom. The maximum atomic E-state index is 13.1. The average Bonchev–Trinajstić information content (AvgIpc) is 2.91. The fourth-order valence-electron chi connectivity index (χ4n) is 3.65. The molecule has 0 aliphatic carbocycles. The number of nitro benzene ring substituents is 1. The molecule has 0 saturated carbocycles. The second-order valence-corrected chi connectivity index (χ2v) is 8.79. The number of rotatable bonds is 9. The molecule has 37 heavy (non-hydrogen) atoms. The van der Waals surface area contributed by atoms with Crippen LogP contribution in [0.1, 0.15) is 23.9 Å². The summed E-state index contributed by atoms with van der Waals surface area (Å²) in [6.45, 7) is 2.05. The van der Waals surface area contributed by atoms with Gasteiger partial charge in [0, 0.05) is 28.6 Å². The molecule has 4 aromatic rings. The van der Waals surface area contributed by atoms with E-state index in [1.807, 2.05) is 13.0 Å². The maximum Gasteiger partial charge on any atom is 0.282 e. The number of nitro groups is 1. The van der Waals surface area contributed by atoms with Crippen molar-refractivity contribution in [2.24, 2.45) is 5.10 Å². The summed E-state index contributed by atoms with van der Waals surface area (Å²) in [6, 6.07) is 14.8. The van der Waals surface area contributed by atoms with Gasteiger partial charge in [0.2, 0.25) is 5.75 Å². The van der Waals surface area contributed by atoms with Crippen molar-refractivity contribution in [2.75, 3.05) is 14.2 Å². The monoisotopic (exact) mass is 566 g/mol. The van der Waals surface area contributed by atoms with Crippen LogP contribution in [-0.4, -0.2) is 35.0 Å². The second kappa shape index (κ2) is 11.2. The van der Waals surface area contributed by atoms with E-state index in [2.05, 4.69) is 26.0 Å². The number of benzene rings is 3. The van der Waals surface area contributed by atoms with E-state index in [0.29, 0.717) is 46.0 Å². The maximum absolute atomic E-state index is 13.1. The van der Waals surface area contributed by atoms with Crippen molar-refractivity contribution >= 4 is 38.7 Å². The molecule has 1 aromatic heterocycles. The first-order valence-electron chi connectivity index (χ1n) is 11.2. The van der Waals surface area contributed by atoms with Gasteiger partial charge in [-0.2, -0.15) is 9.78 Å². The SMILES string of the molecule is CCc1nc2ccc(Br)cc2c(=O)n1N=Cc1cc(OC)c(OCc2ccc([N+](=O)[O-])cc2)c(OC)c1. The highest BCUT2D eigenvalue weighted by Gasteiger charge is 2.15. The van der Waals surface area contributed by atoms with Gasteiger partial charge in [-0.15, -0.1) is 0 Å². The number of aryl methyl sites for hydroxylation is 1. The molecule has 0 bridgehead atoms. The van der Waals surface area contributed by atoms with Crippen molar-refractivity contribution < 1.29 is 19.1 Å². The van der Waals surface area contributed by atoms with E-state index < -0.39 is 4.92 Å². The Bertz CT molecular complexity index is 1520. The van der Waals surface area contributed by atoms with Crippen LogP contribution in [0.2, 0.25) is 0 Å². The molecule has 0 spiro atoms. The zero-order valence-electron chi connectivity index (χ0n) is 20.3. The number of methoxy groups -OCH3 is 2. The van der Waals surface area contributed by atoms with Gasteiger partial charge < -0.3 is 14.2 Å². The normalized spacial score (nSPS) is 11.1. The lowest BCUT2D eigenvalue weighted by molar-refractivity contribution is -0.384. The number of hydrogen-bond donors (Lipinski definition) is 0. The largest absolute Gasteiger partial charge is 0.493 e. The van der Waals surface area contributed by atoms with Crippen LogP contribution in [-0.2, 0) is 13.0 Å². The van der Waals surface area contributed by atoms with Crippen LogP contribution in [0, 0.1) is 10.1 Å². The highest BCUT2D eigenvalue weighted by molar-refractivity contribution is 9.10. The van der Waals surface area contributed by atoms with Crippen molar-refractivity contribution in [3.8, 4) is 17.2 Å². The van der Waals surface area contributed by atoms with Gasteiger partial charge in [-0.25, -0.2) is 4.98 Å². The molecule has 0 fully saturated rings. The lowest BCUT2D eigenvalue weighted by atomic mass is 10.2. The third-order valence-corrected chi connectivity index (χ3v) is 6.02. The summed E-state index contributed by atoms with van der Waals surface area (Å²) >= 11 is 3.40. The quantitative estimate of drug-likeness (QED) is 0.157. The number of non-ortho nitro benzene ring substituents is 1. The number of hydrogen-bond acceptors (Lipinski definition) is 8. The van der Waals surface area contributed by atoms with E-state index in [0.717, 1.165) is 10.0 Å². The predicted molar refractivity (Wildman–Crippen MR) is 143 cm³/mol. The molecule has 0 atom stereocenters. The van der Waals surface area contributed by atoms with Crippen LogP contribution in [0.3, 0.4) is 0 Å². The molecule has 0 aliphatic heterocycles. The van der Waals surface area contributed by atoms with Crippen LogP contribution in [0.25, 0.3) is 10.9 Å². The Balaban J connectivity index is 1.65. The van der Waals surface area contributed by atoms with E-state index in [1.165, 1.54) is 37.2 Å². The molecule has 0 aliphatic rings. The van der Waals surface area contributed by atoms with Gasteiger partial charge in [0.15, 0.2) is 11.5 Å². The molecule has 0 unspecified atom stereocenters. The van der Waals surface area contributed by atoms with Crippen LogP contribution in [0.5, 0.6) is 17.2 Å². The molecule has 3 aromatic carbocycles.